The standard InChI is InChI=1S/C20H34F6N2O3/c1-7-13(30-5)11-27-15(9-3)18(10-4,16(19(21,22)23)20(24,25)26)28(17(27)29)12-14(8-2)31-6/h13-16H,7-12H2,1-6H3. The molecule has 1 saturated heterocycles. The van der Waals surface area contributed by atoms with E-state index in [1.165, 1.54) is 28.1 Å². The Labute approximate surface area is 180 Å². The van der Waals surface area contributed by atoms with Gasteiger partial charge < -0.3 is 19.3 Å². The Balaban J connectivity index is 3.76. The molecule has 1 rings (SSSR count). The number of urea groups is 1. The summed E-state index contributed by atoms with van der Waals surface area (Å²) in [5.41, 5.74) is -2.51. The van der Waals surface area contributed by atoms with Crippen LogP contribution in [0.1, 0.15) is 53.4 Å². The molecule has 0 aromatic rings. The summed E-state index contributed by atoms with van der Waals surface area (Å²) in [6.07, 6.45) is -12.2. The van der Waals surface area contributed by atoms with Gasteiger partial charge in [0.1, 0.15) is 0 Å². The fourth-order valence-electron chi connectivity index (χ4n) is 4.84. The van der Waals surface area contributed by atoms with Crippen molar-refractivity contribution in [2.24, 2.45) is 5.92 Å². The van der Waals surface area contributed by atoms with Crippen molar-refractivity contribution in [1.29, 1.82) is 0 Å². The van der Waals surface area contributed by atoms with Crippen molar-refractivity contribution < 1.29 is 40.6 Å². The number of rotatable bonds is 11. The molecule has 1 heterocycles. The molecule has 0 spiro atoms. The number of methoxy groups -OCH3 is 2. The Bertz CT molecular complexity index is 564. The average Bonchev–Trinajstić information content (AvgIpc) is 2.89. The minimum Gasteiger partial charge on any atom is -0.380 e. The summed E-state index contributed by atoms with van der Waals surface area (Å²) in [6, 6.07) is -2.14. The van der Waals surface area contributed by atoms with Gasteiger partial charge in [0, 0.05) is 27.3 Å². The second-order valence-electron chi connectivity index (χ2n) is 7.86. The van der Waals surface area contributed by atoms with Crippen molar-refractivity contribution in [1.82, 2.24) is 9.80 Å². The predicted molar refractivity (Wildman–Crippen MR) is 104 cm³/mol. The molecule has 0 aromatic carbocycles. The molecule has 184 valence electrons. The van der Waals surface area contributed by atoms with Gasteiger partial charge in [-0.1, -0.05) is 27.7 Å². The van der Waals surface area contributed by atoms with E-state index in [0.29, 0.717) is 12.8 Å². The van der Waals surface area contributed by atoms with Crippen LogP contribution in [0, 0.1) is 5.92 Å². The molecule has 2 amide bonds. The summed E-state index contributed by atoms with van der Waals surface area (Å²) in [4.78, 5) is 15.3. The van der Waals surface area contributed by atoms with Crippen molar-refractivity contribution >= 4 is 6.03 Å². The number of halogens is 6. The molecule has 11 heteroatoms. The molecule has 0 radical (unpaired) electrons. The van der Waals surface area contributed by atoms with E-state index in [1.807, 2.05) is 0 Å². The molecule has 0 aromatic heterocycles. The molecule has 1 fully saturated rings. The number of amides is 2. The third-order valence-corrected chi connectivity index (χ3v) is 6.40. The van der Waals surface area contributed by atoms with Gasteiger partial charge in [-0.25, -0.2) is 4.79 Å². The molecule has 0 saturated carbocycles. The highest BCUT2D eigenvalue weighted by molar-refractivity contribution is 5.79. The first-order valence-corrected chi connectivity index (χ1v) is 10.6. The number of nitrogens with zero attached hydrogens (tertiary/aromatic N) is 2. The Morgan fingerprint density at radius 1 is 0.903 bits per heavy atom. The van der Waals surface area contributed by atoms with Crippen LogP contribution in [0.2, 0.25) is 0 Å². The molecule has 0 bridgehead atoms. The first-order valence-electron chi connectivity index (χ1n) is 10.6. The summed E-state index contributed by atoms with van der Waals surface area (Å²) >= 11 is 0. The van der Waals surface area contributed by atoms with Crippen LogP contribution in [-0.4, -0.2) is 79.3 Å². The van der Waals surface area contributed by atoms with Gasteiger partial charge in [-0.15, -0.1) is 0 Å². The Kier molecular flexibility index (Phi) is 9.50. The van der Waals surface area contributed by atoms with Crippen LogP contribution in [-0.2, 0) is 9.47 Å². The SMILES string of the molecule is CCC(CN1C(=O)N(CC(CC)OC)C(CC)(C(C(F)(F)F)C(F)(F)F)C1CC)OC. The van der Waals surface area contributed by atoms with E-state index >= 15 is 0 Å². The molecular weight excluding hydrogens is 430 g/mol. The topological polar surface area (TPSA) is 42.0 Å². The third kappa shape index (κ3) is 5.40. The van der Waals surface area contributed by atoms with Crippen molar-refractivity contribution in [2.45, 2.75) is 89.5 Å². The van der Waals surface area contributed by atoms with E-state index in [4.69, 9.17) is 9.47 Å². The van der Waals surface area contributed by atoms with E-state index in [2.05, 4.69) is 0 Å². The van der Waals surface area contributed by atoms with Crippen molar-refractivity contribution in [3.63, 3.8) is 0 Å². The van der Waals surface area contributed by atoms with E-state index in [0.717, 1.165) is 9.80 Å². The van der Waals surface area contributed by atoms with Crippen molar-refractivity contribution in [3.8, 4) is 0 Å². The number of carbonyl (C=O) groups excluding carboxylic acids is 1. The highest BCUT2D eigenvalue weighted by Gasteiger charge is 2.73. The fraction of sp³-hybridized carbons (Fsp3) is 0.950. The molecule has 4 atom stereocenters. The van der Waals surface area contributed by atoms with Crippen molar-refractivity contribution in [2.75, 3.05) is 27.3 Å². The highest BCUT2D eigenvalue weighted by Crippen LogP contribution is 2.54. The van der Waals surface area contributed by atoms with Crippen LogP contribution in [0.25, 0.3) is 0 Å². The molecule has 31 heavy (non-hydrogen) atoms. The summed E-state index contributed by atoms with van der Waals surface area (Å²) < 4.78 is 94.5. The molecule has 4 unspecified atom stereocenters. The van der Waals surface area contributed by atoms with Gasteiger partial charge in [0.15, 0.2) is 5.92 Å². The maximum Gasteiger partial charge on any atom is 0.402 e. The van der Waals surface area contributed by atoms with Gasteiger partial charge in [-0.05, 0) is 25.7 Å². The molecular formula is C20H34F6N2O3. The van der Waals surface area contributed by atoms with E-state index in [9.17, 15) is 31.1 Å². The molecule has 5 nitrogen and oxygen atoms in total. The molecule has 0 aliphatic carbocycles. The van der Waals surface area contributed by atoms with Gasteiger partial charge >= 0.3 is 18.4 Å². The van der Waals surface area contributed by atoms with Crippen molar-refractivity contribution in [3.05, 3.63) is 0 Å². The maximum atomic E-state index is 14.0. The van der Waals surface area contributed by atoms with Gasteiger partial charge in [-0.3, -0.25) is 0 Å². The van der Waals surface area contributed by atoms with Gasteiger partial charge in [0.25, 0.3) is 0 Å². The van der Waals surface area contributed by atoms with Gasteiger partial charge in [0.05, 0.1) is 23.8 Å². The first-order chi connectivity index (χ1) is 14.3. The second kappa shape index (κ2) is 10.6. The monoisotopic (exact) mass is 464 g/mol. The highest BCUT2D eigenvalue weighted by atomic mass is 19.4. The Hall–Kier alpha value is -1.23. The summed E-state index contributed by atoms with van der Waals surface area (Å²) in [6.45, 7) is 5.80. The Morgan fingerprint density at radius 3 is 1.68 bits per heavy atom. The normalized spacial score (nSPS) is 24.9. The number of carbonyl (C=O) groups is 1. The molecule has 1 aliphatic heterocycles. The minimum atomic E-state index is -5.59. The number of hydrogen-bond acceptors (Lipinski definition) is 3. The van der Waals surface area contributed by atoms with Crippen LogP contribution in [0.15, 0.2) is 0 Å². The molecule has 1 aliphatic rings. The Morgan fingerprint density at radius 2 is 1.35 bits per heavy atom. The van der Waals surface area contributed by atoms with Gasteiger partial charge in [0.2, 0.25) is 0 Å². The van der Waals surface area contributed by atoms with Crippen LogP contribution >= 0.6 is 0 Å². The van der Waals surface area contributed by atoms with Crippen LogP contribution in [0.5, 0.6) is 0 Å². The fourth-order valence-corrected chi connectivity index (χ4v) is 4.84. The number of hydrogen-bond donors (Lipinski definition) is 0. The lowest BCUT2D eigenvalue weighted by Gasteiger charge is -2.48. The minimum absolute atomic E-state index is 0.0668. The zero-order valence-electron chi connectivity index (χ0n) is 18.9. The van der Waals surface area contributed by atoms with E-state index in [1.54, 1.807) is 13.8 Å². The lowest BCUT2D eigenvalue weighted by Crippen LogP contribution is -2.65. The lowest BCUT2D eigenvalue weighted by atomic mass is 9.73. The van der Waals surface area contributed by atoms with E-state index < -0.39 is 54.5 Å². The summed E-state index contributed by atoms with van der Waals surface area (Å²) in [5.74, 6) is -3.69. The lowest BCUT2D eigenvalue weighted by molar-refractivity contribution is -0.316. The second-order valence-corrected chi connectivity index (χ2v) is 7.86. The third-order valence-electron chi connectivity index (χ3n) is 6.40. The molecule has 0 N–H and O–H groups in total. The predicted octanol–water partition coefficient (Wildman–Crippen LogP) is 5.24. The smallest absolute Gasteiger partial charge is 0.380 e. The largest absolute Gasteiger partial charge is 0.402 e. The summed E-state index contributed by atoms with van der Waals surface area (Å²) in [5, 5.41) is 0. The van der Waals surface area contributed by atoms with Crippen LogP contribution in [0.3, 0.4) is 0 Å². The zero-order valence-corrected chi connectivity index (χ0v) is 18.9. The zero-order chi connectivity index (χ0) is 24.2. The quantitative estimate of drug-likeness (QED) is 0.393. The first kappa shape index (κ1) is 27.8. The average molecular weight is 464 g/mol. The van der Waals surface area contributed by atoms with E-state index in [-0.39, 0.29) is 19.5 Å². The van der Waals surface area contributed by atoms with Crippen LogP contribution < -0.4 is 0 Å². The van der Waals surface area contributed by atoms with Crippen LogP contribution in [0.4, 0.5) is 31.1 Å². The summed E-state index contributed by atoms with van der Waals surface area (Å²) in [7, 11) is 2.72. The maximum absolute atomic E-state index is 14.0. The number of ether oxygens (including phenoxy) is 2. The number of alkyl halides is 6. The van der Waals surface area contributed by atoms with Gasteiger partial charge in [-0.2, -0.15) is 26.3 Å².